The summed E-state index contributed by atoms with van der Waals surface area (Å²) < 4.78 is 9.63. The van der Waals surface area contributed by atoms with Crippen LogP contribution in [0.15, 0.2) is 35.2 Å². The molecule has 1 aromatic rings. The van der Waals surface area contributed by atoms with Crippen molar-refractivity contribution in [2.45, 2.75) is 8.02 Å². The average molecular weight is 244 g/mol. The lowest BCUT2D eigenvalue weighted by Crippen LogP contribution is -2.11. The molecule has 0 N–H and O–H groups in total. The van der Waals surface area contributed by atoms with E-state index in [1.54, 1.807) is 30.3 Å². The van der Waals surface area contributed by atoms with Gasteiger partial charge >= 0.3 is 0 Å². The molecule has 0 spiro atoms. The lowest BCUT2D eigenvalue weighted by atomic mass is 10.4. The highest BCUT2D eigenvalue weighted by atomic mass is 35.6. The summed E-state index contributed by atoms with van der Waals surface area (Å²) in [5, 5.41) is 0. The van der Waals surface area contributed by atoms with Crippen molar-refractivity contribution in [3.05, 3.63) is 30.3 Å². The largest absolute Gasteiger partial charge is 0.270 e. The summed E-state index contributed by atoms with van der Waals surface area (Å²) in [4.78, 5) is 0.512. The van der Waals surface area contributed by atoms with Crippen molar-refractivity contribution in [2.75, 3.05) is 0 Å². The number of hydrogen-bond acceptors (Lipinski definition) is 1. The van der Waals surface area contributed by atoms with Gasteiger partial charge in [-0.25, -0.2) is 4.21 Å². The van der Waals surface area contributed by atoms with Gasteiger partial charge in [0.25, 0.3) is 3.12 Å². The Labute approximate surface area is 88.1 Å². The lowest BCUT2D eigenvalue weighted by molar-refractivity contribution is 0.683. The van der Waals surface area contributed by atoms with Crippen molar-refractivity contribution in [1.29, 1.82) is 0 Å². The van der Waals surface area contributed by atoms with Crippen LogP contribution in [0.25, 0.3) is 0 Å². The highest BCUT2D eigenvalue weighted by Crippen LogP contribution is 2.33. The first-order valence-electron chi connectivity index (χ1n) is 3.05. The standard InChI is InChI=1S/C7H5Cl3OS/c8-7(9,10)12(11)6-4-2-1-3-5-6/h1-5H/t12-/m0/s1. The Morgan fingerprint density at radius 2 is 1.58 bits per heavy atom. The van der Waals surface area contributed by atoms with Gasteiger partial charge in [0.1, 0.15) is 10.8 Å². The molecule has 1 aromatic carbocycles. The van der Waals surface area contributed by atoms with E-state index >= 15 is 0 Å². The Morgan fingerprint density at radius 1 is 1.08 bits per heavy atom. The van der Waals surface area contributed by atoms with Crippen molar-refractivity contribution < 1.29 is 4.21 Å². The molecule has 0 unspecified atom stereocenters. The molecule has 0 fully saturated rings. The van der Waals surface area contributed by atoms with Crippen LogP contribution in [0, 0.1) is 0 Å². The van der Waals surface area contributed by atoms with Gasteiger partial charge in [-0.2, -0.15) is 0 Å². The number of rotatable bonds is 1. The molecule has 0 aliphatic carbocycles. The summed E-state index contributed by atoms with van der Waals surface area (Å²) >= 11 is 16.3. The maximum Gasteiger partial charge on any atom is 0.270 e. The van der Waals surface area contributed by atoms with Crippen LogP contribution in [-0.2, 0) is 10.8 Å². The van der Waals surface area contributed by atoms with Crippen molar-refractivity contribution >= 4 is 45.6 Å². The Morgan fingerprint density at radius 3 is 2.00 bits per heavy atom. The van der Waals surface area contributed by atoms with Crippen LogP contribution in [-0.4, -0.2) is 7.33 Å². The molecule has 0 heterocycles. The smallest absolute Gasteiger partial charge is 0.250 e. The van der Waals surface area contributed by atoms with Crippen LogP contribution in [0.4, 0.5) is 0 Å². The maximum atomic E-state index is 11.4. The summed E-state index contributed by atoms with van der Waals surface area (Å²) in [6.07, 6.45) is 0. The monoisotopic (exact) mass is 242 g/mol. The molecule has 12 heavy (non-hydrogen) atoms. The van der Waals surface area contributed by atoms with Crippen molar-refractivity contribution in [2.24, 2.45) is 0 Å². The summed E-state index contributed by atoms with van der Waals surface area (Å²) in [6, 6.07) is 8.59. The van der Waals surface area contributed by atoms with Crippen molar-refractivity contribution in [3.8, 4) is 0 Å². The van der Waals surface area contributed by atoms with E-state index in [0.717, 1.165) is 0 Å². The minimum Gasteiger partial charge on any atom is -0.250 e. The quantitative estimate of drug-likeness (QED) is 0.693. The first-order chi connectivity index (χ1) is 5.52. The molecular formula is C7H5Cl3OS. The molecule has 0 saturated carbocycles. The Hall–Kier alpha value is 0.240. The third-order valence-electron chi connectivity index (χ3n) is 1.17. The molecule has 0 amide bonds. The minimum absolute atomic E-state index is 0.512. The summed E-state index contributed by atoms with van der Waals surface area (Å²) in [5.74, 6) is 0. The Balaban J connectivity index is 2.94. The summed E-state index contributed by atoms with van der Waals surface area (Å²) in [6.45, 7) is 0. The van der Waals surface area contributed by atoms with Gasteiger partial charge in [0.2, 0.25) is 0 Å². The lowest BCUT2D eigenvalue weighted by Gasteiger charge is -2.09. The van der Waals surface area contributed by atoms with Gasteiger partial charge in [0.15, 0.2) is 0 Å². The zero-order chi connectivity index (χ0) is 9.19. The van der Waals surface area contributed by atoms with Gasteiger partial charge in [-0.15, -0.1) is 0 Å². The van der Waals surface area contributed by atoms with E-state index in [1.807, 2.05) is 0 Å². The molecule has 0 aromatic heterocycles. The van der Waals surface area contributed by atoms with Crippen LogP contribution in [0.2, 0.25) is 0 Å². The zero-order valence-corrected chi connectivity index (χ0v) is 8.92. The molecule has 5 heteroatoms. The van der Waals surface area contributed by atoms with Gasteiger partial charge in [0, 0.05) is 4.90 Å². The number of alkyl halides is 3. The predicted molar refractivity (Wildman–Crippen MR) is 53.1 cm³/mol. The summed E-state index contributed by atoms with van der Waals surface area (Å²) in [7, 11) is -1.60. The van der Waals surface area contributed by atoms with Gasteiger partial charge in [-0.1, -0.05) is 53.0 Å². The number of benzene rings is 1. The van der Waals surface area contributed by atoms with Gasteiger partial charge in [0.05, 0.1) is 0 Å². The van der Waals surface area contributed by atoms with Gasteiger partial charge in [-0.3, -0.25) is 0 Å². The van der Waals surface area contributed by atoms with Crippen LogP contribution in [0.5, 0.6) is 0 Å². The van der Waals surface area contributed by atoms with E-state index in [-0.39, 0.29) is 0 Å². The van der Waals surface area contributed by atoms with E-state index in [4.69, 9.17) is 34.8 Å². The van der Waals surface area contributed by atoms with Crippen LogP contribution < -0.4 is 0 Å². The van der Waals surface area contributed by atoms with E-state index in [1.165, 1.54) is 0 Å². The topological polar surface area (TPSA) is 17.1 Å². The van der Waals surface area contributed by atoms with E-state index < -0.39 is 13.9 Å². The summed E-state index contributed by atoms with van der Waals surface area (Å²) in [5.41, 5.74) is 0. The highest BCUT2D eigenvalue weighted by molar-refractivity contribution is 7.91. The minimum atomic E-state index is -1.75. The van der Waals surface area contributed by atoms with E-state index in [2.05, 4.69) is 0 Å². The fourth-order valence-corrected chi connectivity index (χ4v) is 2.15. The number of halogens is 3. The molecule has 1 atom stereocenters. The fraction of sp³-hybridized carbons (Fsp3) is 0.143. The molecule has 1 rings (SSSR count). The second kappa shape index (κ2) is 3.97. The second-order valence-electron chi connectivity index (χ2n) is 2.03. The third-order valence-corrected chi connectivity index (χ3v) is 3.55. The molecule has 0 saturated heterocycles. The Bertz CT molecular complexity index is 280. The van der Waals surface area contributed by atoms with Crippen molar-refractivity contribution in [3.63, 3.8) is 0 Å². The molecule has 0 bridgehead atoms. The SMILES string of the molecule is O=[S@@](c1ccccc1)C(Cl)(Cl)Cl. The number of hydrogen-bond donors (Lipinski definition) is 0. The predicted octanol–water partition coefficient (Wildman–Crippen LogP) is 3.12. The van der Waals surface area contributed by atoms with Gasteiger partial charge in [-0.05, 0) is 12.1 Å². The van der Waals surface area contributed by atoms with Crippen LogP contribution in [0.1, 0.15) is 0 Å². The zero-order valence-electron chi connectivity index (χ0n) is 5.84. The van der Waals surface area contributed by atoms with E-state index in [9.17, 15) is 4.21 Å². The molecule has 0 radical (unpaired) electrons. The van der Waals surface area contributed by atoms with Crippen LogP contribution >= 0.6 is 34.8 Å². The normalized spacial score (nSPS) is 14.2. The Kier molecular flexibility index (Phi) is 3.41. The molecule has 0 aliphatic heterocycles. The average Bonchev–Trinajstić information content (AvgIpc) is 2.03. The maximum absolute atomic E-state index is 11.4. The third kappa shape index (κ3) is 2.63. The molecule has 0 aliphatic rings. The molecule has 66 valence electrons. The second-order valence-corrected chi connectivity index (χ2v) is 6.60. The molecular weight excluding hydrogens is 239 g/mol. The highest BCUT2D eigenvalue weighted by Gasteiger charge is 2.29. The van der Waals surface area contributed by atoms with Gasteiger partial charge < -0.3 is 0 Å². The fourth-order valence-electron chi connectivity index (χ4n) is 0.678. The van der Waals surface area contributed by atoms with Crippen LogP contribution in [0.3, 0.4) is 0 Å². The first-order valence-corrected chi connectivity index (χ1v) is 5.34. The molecule has 1 nitrogen and oxygen atoms in total. The van der Waals surface area contributed by atoms with Crippen molar-refractivity contribution in [1.82, 2.24) is 0 Å². The first kappa shape index (κ1) is 10.3. The van der Waals surface area contributed by atoms with E-state index in [0.29, 0.717) is 4.90 Å².